The number of aliphatic hydroxyl groups excluding tert-OH is 2. The molecule has 1 aliphatic heterocycles. The fourth-order valence-electron chi connectivity index (χ4n) is 4.41. The number of hydrogen-bond donors (Lipinski definition) is 5. The van der Waals surface area contributed by atoms with Crippen molar-refractivity contribution in [3.8, 4) is 0 Å². The van der Waals surface area contributed by atoms with E-state index < -0.39 is 36.3 Å². The van der Waals surface area contributed by atoms with Crippen LogP contribution < -0.4 is 11.4 Å². The molecule has 1 fully saturated rings. The number of unbranched alkanes of at least 4 members (excludes halogenated alkanes) is 11. The molecule has 0 saturated carbocycles. The van der Waals surface area contributed by atoms with E-state index in [4.69, 9.17) is 15.6 Å². The minimum Gasteiger partial charge on any atom is -0.481 e. The van der Waals surface area contributed by atoms with Crippen LogP contribution in [-0.4, -0.2) is 66.1 Å². The lowest BCUT2D eigenvalue weighted by Gasteiger charge is -2.24. The van der Waals surface area contributed by atoms with E-state index in [2.05, 4.69) is 17.1 Å². The number of aliphatic hydroxyl groups is 2. The van der Waals surface area contributed by atoms with Gasteiger partial charge in [-0.1, -0.05) is 57.1 Å². The van der Waals surface area contributed by atoms with Crippen LogP contribution in [0.4, 0.5) is 5.82 Å². The van der Waals surface area contributed by atoms with Crippen LogP contribution in [0.3, 0.4) is 0 Å². The van der Waals surface area contributed by atoms with Crippen LogP contribution in [0.2, 0.25) is 0 Å². The number of hydrogen-bond acceptors (Lipinski definition) is 9. The van der Waals surface area contributed by atoms with E-state index in [1.54, 1.807) is 0 Å². The molecule has 0 spiro atoms. The molecule has 2 rings (SSSR count). The Kier molecular flexibility index (Phi) is 14.4. The van der Waals surface area contributed by atoms with Gasteiger partial charge in [0.2, 0.25) is 0 Å². The molecular formula is C26H44N4O7. The third-order valence-corrected chi connectivity index (χ3v) is 6.57. The number of aliphatic carboxylic acids is 1. The summed E-state index contributed by atoms with van der Waals surface area (Å²) in [6.07, 6.45) is 14.5. The van der Waals surface area contributed by atoms with Crippen molar-refractivity contribution in [3.05, 3.63) is 34.9 Å². The zero-order chi connectivity index (χ0) is 27.0. The number of nitrogen functional groups attached to an aromatic ring is 1. The highest BCUT2D eigenvalue weighted by Crippen LogP contribution is 2.30. The van der Waals surface area contributed by atoms with Crippen molar-refractivity contribution in [1.29, 1.82) is 0 Å². The first-order chi connectivity index (χ1) is 17.8. The van der Waals surface area contributed by atoms with Crippen LogP contribution in [0.5, 0.6) is 0 Å². The first-order valence-corrected chi connectivity index (χ1v) is 13.5. The largest absolute Gasteiger partial charge is 0.481 e. The summed E-state index contributed by atoms with van der Waals surface area (Å²) in [5.74, 6) is -0.678. The standard InChI is InChI=1S/C26H44N4O7/c27-20-17-19-29(26(35)28-20)24-22(33)23(34)25(37-24)30(36)18-15-13-11-9-7-5-3-1-2-4-6-8-10-12-14-16-21(31)32/h6,8,17,19,22-25,33-34,36H,1-5,7,9-16,18H2,(H,31,32)(H2,27,28,35)/t22-,23+,24-,25+/m1/s1. The van der Waals surface area contributed by atoms with Crippen molar-refractivity contribution in [3.63, 3.8) is 0 Å². The Morgan fingerprint density at radius 2 is 1.54 bits per heavy atom. The minimum atomic E-state index is -1.39. The van der Waals surface area contributed by atoms with Gasteiger partial charge in [-0.3, -0.25) is 9.36 Å². The number of rotatable bonds is 19. The Labute approximate surface area is 218 Å². The van der Waals surface area contributed by atoms with Crippen molar-refractivity contribution in [2.45, 2.75) is 115 Å². The van der Waals surface area contributed by atoms with Crippen molar-refractivity contribution in [1.82, 2.24) is 14.6 Å². The summed E-state index contributed by atoms with van der Waals surface area (Å²) in [6, 6.07) is 1.39. The number of aromatic nitrogens is 2. The SMILES string of the molecule is Nc1ccn([C@@H]2O[C@H](N(O)CCCCCCCCCCCC=CCCCCC(=O)O)[C@@H](O)[C@H]2O)c(=O)n1. The van der Waals surface area contributed by atoms with Gasteiger partial charge in [-0.05, 0) is 44.6 Å². The maximum atomic E-state index is 12.0. The molecule has 37 heavy (non-hydrogen) atoms. The second kappa shape index (κ2) is 17.2. The molecule has 0 bridgehead atoms. The van der Waals surface area contributed by atoms with Crippen LogP contribution in [0.25, 0.3) is 0 Å². The van der Waals surface area contributed by atoms with Gasteiger partial charge in [-0.15, -0.1) is 0 Å². The molecule has 0 unspecified atom stereocenters. The fourth-order valence-corrected chi connectivity index (χ4v) is 4.41. The van der Waals surface area contributed by atoms with Crippen LogP contribution >= 0.6 is 0 Å². The molecule has 11 heteroatoms. The van der Waals surface area contributed by atoms with Gasteiger partial charge >= 0.3 is 11.7 Å². The number of carboxylic acids is 1. The van der Waals surface area contributed by atoms with Gasteiger partial charge in [0, 0.05) is 19.2 Å². The molecule has 0 amide bonds. The molecule has 0 aromatic carbocycles. The normalized spacial score (nSPS) is 21.8. The molecule has 1 aliphatic rings. The van der Waals surface area contributed by atoms with Crippen molar-refractivity contribution in [2.24, 2.45) is 0 Å². The summed E-state index contributed by atoms with van der Waals surface area (Å²) in [7, 11) is 0. The molecule has 1 aromatic rings. The summed E-state index contributed by atoms with van der Waals surface area (Å²) in [6.45, 7) is 0.281. The van der Waals surface area contributed by atoms with Crippen LogP contribution in [-0.2, 0) is 9.53 Å². The average Bonchev–Trinajstić information content (AvgIpc) is 3.15. The van der Waals surface area contributed by atoms with Crippen molar-refractivity contribution < 1.29 is 30.1 Å². The van der Waals surface area contributed by atoms with Gasteiger partial charge in [0.05, 0.1) is 0 Å². The van der Waals surface area contributed by atoms with E-state index in [0.717, 1.165) is 61.0 Å². The van der Waals surface area contributed by atoms with E-state index in [9.17, 15) is 25.0 Å². The molecule has 210 valence electrons. The summed E-state index contributed by atoms with van der Waals surface area (Å²) in [4.78, 5) is 26.0. The predicted octanol–water partition coefficient (Wildman–Crippen LogP) is 3.20. The fraction of sp³-hybridized carbons (Fsp3) is 0.731. The van der Waals surface area contributed by atoms with Gasteiger partial charge < -0.3 is 31.0 Å². The van der Waals surface area contributed by atoms with E-state index in [1.807, 2.05) is 0 Å². The Morgan fingerprint density at radius 1 is 0.973 bits per heavy atom. The Balaban J connectivity index is 1.48. The van der Waals surface area contributed by atoms with Crippen LogP contribution in [0.1, 0.15) is 96.1 Å². The van der Waals surface area contributed by atoms with Gasteiger partial charge in [0.25, 0.3) is 0 Å². The third kappa shape index (κ3) is 11.3. The van der Waals surface area contributed by atoms with Crippen LogP contribution in [0, 0.1) is 0 Å². The lowest BCUT2D eigenvalue weighted by molar-refractivity contribution is -0.235. The highest BCUT2D eigenvalue weighted by Gasteiger charge is 2.46. The molecule has 1 saturated heterocycles. The average molecular weight is 525 g/mol. The maximum Gasteiger partial charge on any atom is 0.351 e. The van der Waals surface area contributed by atoms with Gasteiger partial charge in [0.1, 0.15) is 18.0 Å². The van der Waals surface area contributed by atoms with E-state index in [0.29, 0.717) is 0 Å². The monoisotopic (exact) mass is 524 g/mol. The third-order valence-electron chi connectivity index (χ3n) is 6.57. The molecule has 4 atom stereocenters. The molecular weight excluding hydrogens is 480 g/mol. The highest BCUT2D eigenvalue weighted by atomic mass is 16.6. The summed E-state index contributed by atoms with van der Waals surface area (Å²) >= 11 is 0. The Morgan fingerprint density at radius 3 is 2.14 bits per heavy atom. The number of carboxylic acid groups (broad SMARTS) is 1. The second-order valence-corrected chi connectivity index (χ2v) is 9.69. The second-order valence-electron chi connectivity index (χ2n) is 9.69. The zero-order valence-corrected chi connectivity index (χ0v) is 21.7. The Hall–Kier alpha value is -2.31. The van der Waals surface area contributed by atoms with E-state index >= 15 is 0 Å². The first kappa shape index (κ1) is 30.9. The summed E-state index contributed by atoms with van der Waals surface area (Å²) in [5, 5.41) is 40.4. The quantitative estimate of drug-likeness (QED) is 0.103. The zero-order valence-electron chi connectivity index (χ0n) is 21.7. The number of nitrogens with zero attached hydrogens (tertiary/aromatic N) is 3. The number of anilines is 1. The van der Waals surface area contributed by atoms with Crippen molar-refractivity contribution >= 4 is 11.8 Å². The summed E-state index contributed by atoms with van der Waals surface area (Å²) in [5.41, 5.74) is 4.77. The first-order valence-electron chi connectivity index (χ1n) is 13.5. The number of nitrogens with two attached hydrogens (primary N) is 1. The summed E-state index contributed by atoms with van der Waals surface area (Å²) < 4.78 is 6.62. The molecule has 11 nitrogen and oxygen atoms in total. The molecule has 6 N–H and O–H groups in total. The number of carbonyl (C=O) groups is 1. The molecule has 2 heterocycles. The lowest BCUT2D eigenvalue weighted by Crippen LogP contribution is -2.42. The molecule has 0 radical (unpaired) electrons. The van der Waals surface area contributed by atoms with Crippen molar-refractivity contribution in [2.75, 3.05) is 12.3 Å². The number of ether oxygens (including phenoxy) is 1. The van der Waals surface area contributed by atoms with Crippen LogP contribution in [0.15, 0.2) is 29.2 Å². The molecule has 0 aliphatic carbocycles. The van der Waals surface area contributed by atoms with Gasteiger partial charge in [0.15, 0.2) is 12.5 Å². The number of allylic oxidation sites excluding steroid dienone is 2. The predicted molar refractivity (Wildman–Crippen MR) is 139 cm³/mol. The minimum absolute atomic E-state index is 0.0433. The Bertz CT molecular complexity index is 879. The van der Waals surface area contributed by atoms with Gasteiger partial charge in [-0.2, -0.15) is 10.0 Å². The van der Waals surface area contributed by atoms with Gasteiger partial charge in [-0.25, -0.2) is 4.79 Å². The van der Waals surface area contributed by atoms with E-state index in [1.165, 1.54) is 44.4 Å². The molecule has 1 aromatic heterocycles. The maximum absolute atomic E-state index is 12.0. The smallest absolute Gasteiger partial charge is 0.351 e. The lowest BCUT2D eigenvalue weighted by atomic mass is 10.1. The topological polar surface area (TPSA) is 171 Å². The van der Waals surface area contributed by atoms with E-state index in [-0.39, 0.29) is 18.8 Å². The highest BCUT2D eigenvalue weighted by molar-refractivity contribution is 5.66. The number of hydroxylamine groups is 2.